The van der Waals surface area contributed by atoms with Crippen LogP contribution < -0.4 is 5.32 Å². The topological polar surface area (TPSA) is 131 Å². The number of aliphatic hydroxyl groups excluding tert-OH is 1. The van der Waals surface area contributed by atoms with Gasteiger partial charge in [-0.1, -0.05) is 139 Å². The van der Waals surface area contributed by atoms with E-state index in [9.17, 15) is 14.7 Å². The van der Waals surface area contributed by atoms with Gasteiger partial charge < -0.3 is 29.4 Å². The van der Waals surface area contributed by atoms with Crippen molar-refractivity contribution in [3.63, 3.8) is 0 Å². The minimum Gasteiger partial charge on any atom is -0.481 e. The van der Waals surface area contributed by atoms with Crippen LogP contribution in [0.25, 0.3) is 33.7 Å². The number of nitrogens with one attached hydrogen (secondary N) is 1. The van der Waals surface area contributed by atoms with E-state index in [2.05, 4.69) is 5.32 Å². The summed E-state index contributed by atoms with van der Waals surface area (Å²) in [7, 11) is 0. The summed E-state index contributed by atoms with van der Waals surface area (Å²) in [5.41, 5.74) is 8.42. The van der Waals surface area contributed by atoms with Crippen LogP contribution in [0.4, 0.5) is 0 Å². The fraction of sp³-hybridized carbons (Fsp3) is 0.222. The molecule has 55 heavy (non-hydrogen) atoms. The number of oxazole rings is 1. The lowest BCUT2D eigenvalue weighted by molar-refractivity contribution is -0.245. The second-order valence-corrected chi connectivity index (χ2v) is 14.4. The van der Waals surface area contributed by atoms with Gasteiger partial charge in [-0.25, -0.2) is 4.98 Å². The minimum absolute atomic E-state index is 0.0256. The summed E-state index contributed by atoms with van der Waals surface area (Å²) in [5, 5.41) is 21.9. The zero-order valence-electron chi connectivity index (χ0n) is 30.2. The second kappa shape index (κ2) is 18.2. The maximum absolute atomic E-state index is 12.2. The first-order valence-electron chi connectivity index (χ1n) is 18.3. The number of benzene rings is 5. The van der Waals surface area contributed by atoms with Gasteiger partial charge in [0.05, 0.1) is 18.8 Å². The van der Waals surface area contributed by atoms with Crippen LogP contribution in [0, 0.1) is 0 Å². The first-order valence-corrected chi connectivity index (χ1v) is 19.3. The molecule has 10 heteroatoms. The van der Waals surface area contributed by atoms with Crippen molar-refractivity contribution >= 4 is 23.6 Å². The van der Waals surface area contributed by atoms with E-state index in [0.29, 0.717) is 30.4 Å². The minimum atomic E-state index is -0.904. The molecule has 6 aromatic rings. The van der Waals surface area contributed by atoms with E-state index in [1.54, 1.807) is 0 Å². The largest absolute Gasteiger partial charge is 0.481 e. The lowest BCUT2D eigenvalue weighted by atomic mass is 9.99. The molecule has 1 amide bonds. The lowest BCUT2D eigenvalue weighted by Crippen LogP contribution is -2.31. The average Bonchev–Trinajstić information content (AvgIpc) is 3.67. The van der Waals surface area contributed by atoms with Crippen LogP contribution in [0.15, 0.2) is 143 Å². The smallest absolute Gasteiger partial charge is 0.303 e. The number of hydrogen-bond acceptors (Lipinski definition) is 8. The third-order valence-corrected chi connectivity index (χ3v) is 10.4. The fourth-order valence-electron chi connectivity index (χ4n) is 6.51. The van der Waals surface area contributed by atoms with Gasteiger partial charge in [0.1, 0.15) is 5.69 Å². The fourth-order valence-corrected chi connectivity index (χ4v) is 7.35. The Balaban J connectivity index is 1.07. The van der Waals surface area contributed by atoms with Crippen LogP contribution in [-0.2, 0) is 32.2 Å². The molecule has 0 aliphatic carbocycles. The summed E-state index contributed by atoms with van der Waals surface area (Å²) in [6, 6.07) is 44.0. The van der Waals surface area contributed by atoms with E-state index in [0.717, 1.165) is 56.0 Å². The van der Waals surface area contributed by atoms with Gasteiger partial charge >= 0.3 is 5.97 Å². The Kier molecular flexibility index (Phi) is 12.5. The lowest BCUT2D eigenvalue weighted by Gasteiger charge is -2.36. The third kappa shape index (κ3) is 9.97. The van der Waals surface area contributed by atoms with Gasteiger partial charge in [-0.2, -0.15) is 0 Å². The third-order valence-electron chi connectivity index (χ3n) is 9.43. The van der Waals surface area contributed by atoms with Crippen molar-refractivity contribution in [1.29, 1.82) is 0 Å². The van der Waals surface area contributed by atoms with Gasteiger partial charge in [0, 0.05) is 48.3 Å². The molecule has 0 bridgehead atoms. The van der Waals surface area contributed by atoms with Crippen molar-refractivity contribution in [1.82, 2.24) is 10.3 Å². The molecule has 1 aliphatic rings. The number of thioether (sulfide) groups is 1. The summed E-state index contributed by atoms with van der Waals surface area (Å²) in [6.07, 6.45) is 0.0411. The number of hydrogen-bond donors (Lipinski definition) is 3. The maximum Gasteiger partial charge on any atom is 0.303 e. The van der Waals surface area contributed by atoms with Crippen molar-refractivity contribution in [2.24, 2.45) is 0 Å². The monoisotopic (exact) mass is 754 g/mol. The average molecular weight is 755 g/mol. The highest BCUT2D eigenvalue weighted by Crippen LogP contribution is 2.41. The summed E-state index contributed by atoms with van der Waals surface area (Å²) < 4.78 is 19.6. The molecule has 1 saturated heterocycles. The molecule has 3 unspecified atom stereocenters. The Morgan fingerprint density at radius 2 is 1.42 bits per heavy atom. The summed E-state index contributed by atoms with van der Waals surface area (Å²) in [6.45, 7) is 0.331. The van der Waals surface area contributed by atoms with Gasteiger partial charge in [0.25, 0.3) is 5.22 Å². The number of rotatable bonds is 15. The molecule has 1 aliphatic heterocycles. The van der Waals surface area contributed by atoms with E-state index in [-0.39, 0.29) is 37.6 Å². The molecule has 3 atom stereocenters. The molecule has 280 valence electrons. The standard InChI is InChI=1S/C45H42N2O7S/c48-28-30-17-19-33(20-18-30)39-26-38(29-55-45-47-42(34-10-3-1-4-11-34)43(54-45)35-12-5-2-6-13-35)52-44(53-39)36-23-21-32(22-24-36)37-14-7-9-31(25-37)27-46-40(49)15-8-16-41(50)51/h1-7,9-14,17-25,38-39,44,48H,8,15-16,26-29H2,(H,46,49)(H,50,51). The predicted octanol–water partition coefficient (Wildman–Crippen LogP) is 9.38. The first-order chi connectivity index (χ1) is 26.9. The zero-order chi connectivity index (χ0) is 38.0. The molecule has 5 aromatic carbocycles. The number of ether oxygens (including phenoxy) is 2. The van der Waals surface area contributed by atoms with Crippen LogP contribution >= 0.6 is 11.8 Å². The van der Waals surface area contributed by atoms with Crippen LogP contribution in [0.2, 0.25) is 0 Å². The molecule has 0 radical (unpaired) electrons. The van der Waals surface area contributed by atoms with Gasteiger partial charge in [-0.3, -0.25) is 9.59 Å². The number of carbonyl (C=O) groups is 2. The highest BCUT2D eigenvalue weighted by atomic mass is 32.2. The molecule has 7 rings (SSSR count). The number of carboxylic acid groups (broad SMARTS) is 1. The van der Waals surface area contributed by atoms with E-state index < -0.39 is 12.3 Å². The van der Waals surface area contributed by atoms with Crippen LogP contribution in [0.3, 0.4) is 0 Å². The SMILES string of the molecule is O=C(O)CCCC(=O)NCc1cccc(-c2ccc(C3OC(CSc4nc(-c5ccccc5)c(-c5ccccc5)o4)CC(c4ccc(CO)cc4)O3)cc2)c1. The van der Waals surface area contributed by atoms with Crippen molar-refractivity contribution in [3.8, 4) is 33.7 Å². The Morgan fingerprint density at radius 1 is 0.727 bits per heavy atom. The number of aliphatic carboxylic acids is 1. The Morgan fingerprint density at radius 3 is 2.13 bits per heavy atom. The van der Waals surface area contributed by atoms with E-state index >= 15 is 0 Å². The van der Waals surface area contributed by atoms with Crippen LogP contribution in [0.1, 0.15) is 60.3 Å². The van der Waals surface area contributed by atoms with Gasteiger partial charge in [0.15, 0.2) is 12.1 Å². The van der Waals surface area contributed by atoms with Crippen molar-refractivity contribution < 1.29 is 33.7 Å². The van der Waals surface area contributed by atoms with Crippen LogP contribution in [0.5, 0.6) is 0 Å². The van der Waals surface area contributed by atoms with Gasteiger partial charge in [0.2, 0.25) is 5.91 Å². The predicted molar refractivity (Wildman–Crippen MR) is 212 cm³/mol. The van der Waals surface area contributed by atoms with E-state index in [1.807, 2.05) is 133 Å². The molecular formula is C45H42N2O7S. The van der Waals surface area contributed by atoms with Crippen molar-refractivity contribution in [3.05, 3.63) is 156 Å². The number of nitrogens with zero attached hydrogens (tertiary/aromatic N) is 1. The summed E-state index contributed by atoms with van der Waals surface area (Å²) in [5.74, 6) is 0.246. The molecule has 2 heterocycles. The number of aromatic nitrogens is 1. The normalized spacial score (nSPS) is 16.8. The molecule has 1 aromatic heterocycles. The van der Waals surface area contributed by atoms with E-state index in [4.69, 9.17) is 24.0 Å². The highest BCUT2D eigenvalue weighted by molar-refractivity contribution is 7.99. The first kappa shape index (κ1) is 37.8. The molecule has 0 spiro atoms. The number of amides is 1. The zero-order valence-corrected chi connectivity index (χ0v) is 31.0. The second-order valence-electron chi connectivity index (χ2n) is 13.4. The van der Waals surface area contributed by atoms with Gasteiger partial charge in [-0.05, 0) is 40.3 Å². The number of aliphatic hydroxyl groups is 1. The molecule has 0 saturated carbocycles. The van der Waals surface area contributed by atoms with E-state index in [1.165, 1.54) is 11.8 Å². The molecular weight excluding hydrogens is 713 g/mol. The Hall–Kier alpha value is -5.52. The maximum atomic E-state index is 12.2. The molecule has 9 nitrogen and oxygen atoms in total. The summed E-state index contributed by atoms with van der Waals surface area (Å²) in [4.78, 5) is 27.9. The van der Waals surface area contributed by atoms with Crippen molar-refractivity contribution in [2.75, 3.05) is 5.75 Å². The quantitative estimate of drug-likeness (QED) is 0.0878. The highest BCUT2D eigenvalue weighted by Gasteiger charge is 2.33. The van der Waals surface area contributed by atoms with Gasteiger partial charge in [-0.15, -0.1) is 0 Å². The molecule has 3 N–H and O–H groups in total. The van der Waals surface area contributed by atoms with Crippen LogP contribution in [-0.4, -0.2) is 38.9 Å². The van der Waals surface area contributed by atoms with Crippen molar-refractivity contribution in [2.45, 2.75) is 62.6 Å². The summed E-state index contributed by atoms with van der Waals surface area (Å²) >= 11 is 1.52. The number of carbonyl (C=O) groups excluding carboxylic acids is 1. The number of carboxylic acids is 1. The Bertz CT molecular complexity index is 2120. The Labute approximate surface area is 324 Å². The molecule has 1 fully saturated rings.